The van der Waals surface area contributed by atoms with Gasteiger partial charge in [0.2, 0.25) is 0 Å². The van der Waals surface area contributed by atoms with Gasteiger partial charge in [-0.2, -0.15) is 0 Å². The Bertz CT molecular complexity index is 485. The van der Waals surface area contributed by atoms with Crippen molar-refractivity contribution in [3.63, 3.8) is 0 Å². The molecule has 1 aliphatic heterocycles. The Labute approximate surface area is 119 Å². The first-order valence-corrected chi connectivity index (χ1v) is 7.05. The lowest BCUT2D eigenvalue weighted by Crippen LogP contribution is -2.33. The van der Waals surface area contributed by atoms with Crippen molar-refractivity contribution in [2.75, 3.05) is 13.1 Å². The van der Waals surface area contributed by atoms with Crippen molar-refractivity contribution in [2.45, 2.75) is 38.7 Å². The number of nitrogens with zero attached hydrogens (tertiary/aromatic N) is 1. The van der Waals surface area contributed by atoms with Gasteiger partial charge in [-0.1, -0.05) is 17.7 Å². The van der Waals surface area contributed by atoms with Crippen LogP contribution in [0.5, 0.6) is 0 Å². The van der Waals surface area contributed by atoms with Gasteiger partial charge in [0, 0.05) is 23.7 Å². The molecule has 1 aromatic rings. The van der Waals surface area contributed by atoms with Crippen LogP contribution in [0.25, 0.3) is 0 Å². The second-order valence-electron chi connectivity index (χ2n) is 5.60. The van der Waals surface area contributed by atoms with Crippen molar-refractivity contribution in [3.05, 3.63) is 34.3 Å². The summed E-state index contributed by atoms with van der Waals surface area (Å²) in [6, 6.07) is 5.38. The Hall–Kier alpha value is -1.06. The van der Waals surface area contributed by atoms with Gasteiger partial charge in [0.05, 0.1) is 5.60 Å². The van der Waals surface area contributed by atoms with E-state index in [4.69, 9.17) is 11.6 Å². The lowest BCUT2D eigenvalue weighted by atomic mass is 9.98. The molecule has 0 bridgehead atoms. The van der Waals surface area contributed by atoms with Crippen LogP contribution in [0, 0.1) is 6.92 Å². The number of hydrogen-bond donors (Lipinski definition) is 1. The highest BCUT2D eigenvalue weighted by atomic mass is 35.5. The molecule has 1 unspecified atom stereocenters. The number of benzene rings is 1. The first-order valence-electron chi connectivity index (χ1n) is 6.67. The zero-order valence-electron chi connectivity index (χ0n) is 11.4. The normalized spacial score (nSPS) is 24.1. The van der Waals surface area contributed by atoms with Crippen LogP contribution in [0.2, 0.25) is 5.02 Å². The third kappa shape index (κ3) is 3.48. The van der Waals surface area contributed by atoms with E-state index in [1.807, 2.05) is 24.8 Å². The van der Waals surface area contributed by atoms with Gasteiger partial charge in [0.25, 0.3) is 5.91 Å². The Kier molecular flexibility index (Phi) is 4.16. The summed E-state index contributed by atoms with van der Waals surface area (Å²) >= 11 is 5.97. The van der Waals surface area contributed by atoms with Crippen molar-refractivity contribution in [1.82, 2.24) is 4.90 Å². The molecule has 1 aliphatic rings. The van der Waals surface area contributed by atoms with Crippen LogP contribution < -0.4 is 0 Å². The van der Waals surface area contributed by atoms with Crippen molar-refractivity contribution in [3.8, 4) is 0 Å². The van der Waals surface area contributed by atoms with E-state index in [-0.39, 0.29) is 5.91 Å². The highest BCUT2D eigenvalue weighted by molar-refractivity contribution is 6.31. The van der Waals surface area contributed by atoms with E-state index < -0.39 is 5.60 Å². The monoisotopic (exact) mass is 281 g/mol. The van der Waals surface area contributed by atoms with E-state index in [0.29, 0.717) is 30.1 Å². The average Bonchev–Trinajstić information content (AvgIpc) is 2.52. The van der Waals surface area contributed by atoms with Gasteiger partial charge in [-0.25, -0.2) is 0 Å². The molecule has 1 N–H and O–H groups in total. The predicted molar refractivity (Wildman–Crippen MR) is 76.6 cm³/mol. The van der Waals surface area contributed by atoms with Gasteiger partial charge >= 0.3 is 0 Å². The van der Waals surface area contributed by atoms with Crippen molar-refractivity contribution < 1.29 is 9.90 Å². The number of hydrogen-bond acceptors (Lipinski definition) is 2. The second kappa shape index (κ2) is 5.51. The maximum atomic E-state index is 12.5. The van der Waals surface area contributed by atoms with Crippen molar-refractivity contribution in [1.29, 1.82) is 0 Å². The maximum Gasteiger partial charge on any atom is 0.254 e. The summed E-state index contributed by atoms with van der Waals surface area (Å²) in [5.41, 5.74) is 0.942. The minimum Gasteiger partial charge on any atom is -0.390 e. The molecule has 1 fully saturated rings. The molecule has 4 heteroatoms. The Balaban J connectivity index is 2.17. The van der Waals surface area contributed by atoms with E-state index in [1.54, 1.807) is 12.1 Å². The number of amides is 1. The summed E-state index contributed by atoms with van der Waals surface area (Å²) in [4.78, 5) is 14.3. The van der Waals surface area contributed by atoms with Gasteiger partial charge in [0.1, 0.15) is 0 Å². The molecule has 19 heavy (non-hydrogen) atoms. The quantitative estimate of drug-likeness (QED) is 0.860. The van der Waals surface area contributed by atoms with Crippen LogP contribution >= 0.6 is 11.6 Å². The molecule has 1 heterocycles. The molecular formula is C15H20ClNO2. The van der Waals surface area contributed by atoms with E-state index in [9.17, 15) is 9.90 Å². The Morgan fingerprint density at radius 2 is 2.11 bits per heavy atom. The molecule has 0 saturated carbocycles. The minimum atomic E-state index is -0.654. The summed E-state index contributed by atoms with van der Waals surface area (Å²) in [6.45, 7) is 5.04. The molecule has 1 amide bonds. The molecule has 104 valence electrons. The number of halogens is 1. The fraction of sp³-hybridized carbons (Fsp3) is 0.533. The third-order valence-electron chi connectivity index (χ3n) is 3.78. The van der Waals surface area contributed by atoms with Crippen LogP contribution in [-0.2, 0) is 0 Å². The molecular weight excluding hydrogens is 262 g/mol. The molecule has 0 aliphatic carbocycles. The number of aliphatic hydroxyl groups is 1. The maximum absolute atomic E-state index is 12.5. The summed E-state index contributed by atoms with van der Waals surface area (Å²) in [5.74, 6) is 0.0118. The predicted octanol–water partition coefficient (Wildman–Crippen LogP) is 3.03. The standard InChI is InChI=1S/C15H20ClNO2/c1-11-4-5-12(16)10-13(11)14(18)17-8-3-6-15(2,19)7-9-17/h4-5,10,19H,3,6-9H2,1-2H3. The third-order valence-corrected chi connectivity index (χ3v) is 4.02. The molecule has 3 nitrogen and oxygen atoms in total. The highest BCUT2D eigenvalue weighted by Crippen LogP contribution is 2.24. The van der Waals surface area contributed by atoms with Gasteiger partial charge in [0.15, 0.2) is 0 Å². The molecule has 1 atom stereocenters. The second-order valence-corrected chi connectivity index (χ2v) is 6.04. The topological polar surface area (TPSA) is 40.5 Å². The molecule has 1 aromatic carbocycles. The zero-order valence-corrected chi connectivity index (χ0v) is 12.2. The van der Waals surface area contributed by atoms with Gasteiger partial charge in [-0.15, -0.1) is 0 Å². The van der Waals surface area contributed by atoms with E-state index >= 15 is 0 Å². The van der Waals surface area contributed by atoms with Crippen LogP contribution in [0.4, 0.5) is 0 Å². The average molecular weight is 282 g/mol. The number of likely N-dealkylation sites (tertiary alicyclic amines) is 1. The fourth-order valence-electron chi connectivity index (χ4n) is 2.46. The molecule has 1 saturated heterocycles. The van der Waals surface area contributed by atoms with Crippen LogP contribution in [0.15, 0.2) is 18.2 Å². The van der Waals surface area contributed by atoms with E-state index in [1.165, 1.54) is 0 Å². The number of carbonyl (C=O) groups is 1. The van der Waals surface area contributed by atoms with Crippen LogP contribution in [0.3, 0.4) is 0 Å². The van der Waals surface area contributed by atoms with E-state index in [0.717, 1.165) is 18.4 Å². The minimum absolute atomic E-state index is 0.0118. The van der Waals surface area contributed by atoms with Gasteiger partial charge < -0.3 is 10.0 Å². The lowest BCUT2D eigenvalue weighted by Gasteiger charge is -2.23. The first kappa shape index (κ1) is 14.4. The van der Waals surface area contributed by atoms with E-state index in [2.05, 4.69) is 0 Å². The highest BCUT2D eigenvalue weighted by Gasteiger charge is 2.27. The number of aryl methyl sites for hydroxylation is 1. The van der Waals surface area contributed by atoms with Crippen LogP contribution in [0.1, 0.15) is 42.1 Å². The Morgan fingerprint density at radius 1 is 1.37 bits per heavy atom. The fourth-order valence-corrected chi connectivity index (χ4v) is 2.63. The summed E-state index contributed by atoms with van der Waals surface area (Å²) in [7, 11) is 0. The largest absolute Gasteiger partial charge is 0.390 e. The smallest absolute Gasteiger partial charge is 0.254 e. The molecule has 0 aromatic heterocycles. The van der Waals surface area contributed by atoms with Crippen molar-refractivity contribution in [2.24, 2.45) is 0 Å². The summed E-state index contributed by atoms with van der Waals surface area (Å²) < 4.78 is 0. The van der Waals surface area contributed by atoms with Gasteiger partial charge in [-0.3, -0.25) is 4.79 Å². The first-order chi connectivity index (χ1) is 8.89. The molecule has 0 spiro atoms. The van der Waals surface area contributed by atoms with Crippen LogP contribution in [-0.4, -0.2) is 34.6 Å². The molecule has 0 radical (unpaired) electrons. The number of rotatable bonds is 1. The lowest BCUT2D eigenvalue weighted by molar-refractivity contribution is 0.0438. The van der Waals surface area contributed by atoms with Gasteiger partial charge in [-0.05, 0) is 50.8 Å². The van der Waals surface area contributed by atoms with Crippen molar-refractivity contribution >= 4 is 17.5 Å². The SMILES string of the molecule is Cc1ccc(Cl)cc1C(=O)N1CCCC(C)(O)CC1. The zero-order chi connectivity index (χ0) is 14.0. The summed E-state index contributed by atoms with van der Waals surface area (Å²) in [6.07, 6.45) is 2.20. The number of carbonyl (C=O) groups excluding carboxylic acids is 1. The summed E-state index contributed by atoms with van der Waals surface area (Å²) in [5, 5.41) is 10.6. The molecule has 2 rings (SSSR count). The Morgan fingerprint density at radius 3 is 2.84 bits per heavy atom.